The molecule has 2 aromatic heterocycles. The van der Waals surface area contributed by atoms with E-state index in [0.717, 1.165) is 28.3 Å². The van der Waals surface area contributed by atoms with Crippen molar-refractivity contribution in [2.24, 2.45) is 0 Å². The molecule has 4 rings (SSSR count). The first-order valence-corrected chi connectivity index (χ1v) is 10.2. The van der Waals surface area contributed by atoms with Crippen molar-refractivity contribution in [3.63, 3.8) is 0 Å². The molecule has 0 unspecified atom stereocenters. The molecule has 1 saturated heterocycles. The van der Waals surface area contributed by atoms with Crippen LogP contribution in [0.25, 0.3) is 10.2 Å². The minimum Gasteiger partial charge on any atom is -0.406 e. The molecule has 1 aliphatic heterocycles. The molecule has 29 heavy (non-hydrogen) atoms. The Morgan fingerprint density at radius 3 is 2.66 bits per heavy atom. The second-order valence-electron chi connectivity index (χ2n) is 7.05. The van der Waals surface area contributed by atoms with Gasteiger partial charge in [-0.05, 0) is 42.0 Å². The van der Waals surface area contributed by atoms with Gasteiger partial charge in [0.1, 0.15) is 22.2 Å². The molecule has 3 heterocycles. The van der Waals surface area contributed by atoms with Gasteiger partial charge in [0.25, 0.3) is 0 Å². The van der Waals surface area contributed by atoms with Gasteiger partial charge in [0.2, 0.25) is 0 Å². The first-order valence-electron chi connectivity index (χ1n) is 9.35. The van der Waals surface area contributed by atoms with Crippen LogP contribution in [-0.2, 0) is 12.0 Å². The highest BCUT2D eigenvalue weighted by molar-refractivity contribution is 7.16. The topological polar surface area (TPSA) is 58.5 Å². The number of nitrogens with zero attached hydrogens (tertiary/aromatic N) is 3. The van der Waals surface area contributed by atoms with Crippen molar-refractivity contribution in [3.8, 4) is 5.75 Å². The SMILES string of the molecule is CCc1nc(N2CCC(O)(c3cccc(OC(F)(F)F)c3)CC2)c2ccsc2n1. The zero-order chi connectivity index (χ0) is 20.6. The van der Waals surface area contributed by atoms with Crippen LogP contribution in [0.2, 0.25) is 0 Å². The Balaban J connectivity index is 1.55. The average Bonchev–Trinajstić information content (AvgIpc) is 3.15. The van der Waals surface area contributed by atoms with Crippen molar-refractivity contribution in [2.45, 2.75) is 38.1 Å². The zero-order valence-corrected chi connectivity index (χ0v) is 16.6. The van der Waals surface area contributed by atoms with E-state index < -0.39 is 12.0 Å². The molecule has 154 valence electrons. The highest BCUT2D eigenvalue weighted by atomic mass is 32.1. The molecule has 3 aromatic rings. The third-order valence-corrected chi connectivity index (χ3v) is 5.97. The summed E-state index contributed by atoms with van der Waals surface area (Å²) in [6.07, 6.45) is -3.29. The summed E-state index contributed by atoms with van der Waals surface area (Å²) in [6.45, 7) is 3.07. The largest absolute Gasteiger partial charge is 0.573 e. The summed E-state index contributed by atoms with van der Waals surface area (Å²) in [4.78, 5) is 12.3. The fourth-order valence-electron chi connectivity index (χ4n) is 3.64. The lowest BCUT2D eigenvalue weighted by atomic mass is 9.84. The molecule has 0 bridgehead atoms. The maximum atomic E-state index is 12.5. The van der Waals surface area contributed by atoms with E-state index in [9.17, 15) is 18.3 Å². The van der Waals surface area contributed by atoms with Gasteiger partial charge >= 0.3 is 6.36 Å². The number of aromatic nitrogens is 2. The summed E-state index contributed by atoms with van der Waals surface area (Å²) in [5.41, 5.74) is -0.785. The number of thiophene rings is 1. The van der Waals surface area contributed by atoms with Gasteiger partial charge in [0.15, 0.2) is 0 Å². The molecule has 9 heteroatoms. The molecule has 1 fully saturated rings. The first kappa shape index (κ1) is 19.9. The third kappa shape index (κ3) is 4.16. The normalized spacial score (nSPS) is 16.9. The molecule has 0 radical (unpaired) electrons. The van der Waals surface area contributed by atoms with Gasteiger partial charge < -0.3 is 14.7 Å². The number of rotatable bonds is 4. The van der Waals surface area contributed by atoms with E-state index in [4.69, 9.17) is 0 Å². The lowest BCUT2D eigenvalue weighted by molar-refractivity contribution is -0.274. The van der Waals surface area contributed by atoms with Crippen LogP contribution in [0.5, 0.6) is 5.75 Å². The summed E-state index contributed by atoms with van der Waals surface area (Å²) >= 11 is 1.56. The lowest BCUT2D eigenvalue weighted by Crippen LogP contribution is -2.43. The zero-order valence-electron chi connectivity index (χ0n) is 15.7. The van der Waals surface area contributed by atoms with Crippen molar-refractivity contribution in [1.29, 1.82) is 0 Å². The molecule has 0 amide bonds. The van der Waals surface area contributed by atoms with Gasteiger partial charge in [0, 0.05) is 19.5 Å². The number of aryl methyl sites for hydroxylation is 1. The maximum absolute atomic E-state index is 12.5. The molecule has 0 atom stereocenters. The molecule has 0 aliphatic carbocycles. The molecular weight excluding hydrogens is 403 g/mol. The van der Waals surface area contributed by atoms with Crippen LogP contribution in [0.4, 0.5) is 19.0 Å². The van der Waals surface area contributed by atoms with Gasteiger partial charge in [-0.2, -0.15) is 0 Å². The second-order valence-corrected chi connectivity index (χ2v) is 7.95. The smallest absolute Gasteiger partial charge is 0.406 e. The summed E-state index contributed by atoms with van der Waals surface area (Å²) < 4.78 is 41.5. The van der Waals surface area contributed by atoms with Crippen molar-refractivity contribution in [2.75, 3.05) is 18.0 Å². The van der Waals surface area contributed by atoms with Crippen LogP contribution >= 0.6 is 11.3 Å². The summed E-state index contributed by atoms with van der Waals surface area (Å²) in [5, 5.41) is 14.1. The lowest BCUT2D eigenvalue weighted by Gasteiger charge is -2.39. The van der Waals surface area contributed by atoms with Crippen LogP contribution < -0.4 is 9.64 Å². The molecular formula is C20H20F3N3O2S. The number of aliphatic hydroxyl groups is 1. The van der Waals surface area contributed by atoms with E-state index in [1.54, 1.807) is 17.4 Å². The summed E-state index contributed by atoms with van der Waals surface area (Å²) in [6, 6.07) is 7.59. The Morgan fingerprint density at radius 2 is 1.97 bits per heavy atom. The number of piperidine rings is 1. The van der Waals surface area contributed by atoms with Crippen molar-refractivity contribution < 1.29 is 23.0 Å². The minimum absolute atomic E-state index is 0.325. The van der Waals surface area contributed by atoms with Crippen molar-refractivity contribution in [1.82, 2.24) is 9.97 Å². The number of alkyl halides is 3. The van der Waals surface area contributed by atoms with Gasteiger partial charge in [-0.3, -0.25) is 0 Å². The fourth-order valence-corrected chi connectivity index (χ4v) is 4.42. The van der Waals surface area contributed by atoms with Gasteiger partial charge in [-0.1, -0.05) is 19.1 Å². The molecule has 0 saturated carbocycles. The Labute approximate surface area is 169 Å². The Bertz CT molecular complexity index is 1010. The highest BCUT2D eigenvalue weighted by Gasteiger charge is 2.36. The predicted octanol–water partition coefficient (Wildman–Crippen LogP) is 4.64. The van der Waals surface area contributed by atoms with E-state index in [1.807, 2.05) is 18.4 Å². The fraction of sp³-hybridized carbons (Fsp3) is 0.400. The molecule has 1 N–H and O–H groups in total. The molecule has 1 aromatic carbocycles. The second kappa shape index (κ2) is 7.46. The quantitative estimate of drug-likeness (QED) is 0.663. The summed E-state index contributed by atoms with van der Waals surface area (Å²) in [7, 11) is 0. The number of hydrogen-bond donors (Lipinski definition) is 1. The Kier molecular flexibility index (Phi) is 5.12. The minimum atomic E-state index is -4.76. The number of hydrogen-bond acceptors (Lipinski definition) is 6. The highest BCUT2D eigenvalue weighted by Crippen LogP contribution is 2.38. The number of halogens is 3. The average molecular weight is 423 g/mol. The molecule has 5 nitrogen and oxygen atoms in total. The van der Waals surface area contributed by atoms with Crippen LogP contribution in [-0.4, -0.2) is 34.5 Å². The molecule has 0 spiro atoms. The van der Waals surface area contributed by atoms with Gasteiger partial charge in [0.05, 0.1) is 11.0 Å². The van der Waals surface area contributed by atoms with E-state index in [-0.39, 0.29) is 5.75 Å². The Hall–Kier alpha value is -2.39. The van der Waals surface area contributed by atoms with Crippen LogP contribution in [0, 0.1) is 0 Å². The monoisotopic (exact) mass is 423 g/mol. The van der Waals surface area contributed by atoms with E-state index in [0.29, 0.717) is 31.5 Å². The summed E-state index contributed by atoms with van der Waals surface area (Å²) in [5.74, 6) is 1.30. The first-order chi connectivity index (χ1) is 13.8. The molecule has 1 aliphatic rings. The van der Waals surface area contributed by atoms with E-state index in [2.05, 4.69) is 19.6 Å². The number of ether oxygens (including phenoxy) is 1. The maximum Gasteiger partial charge on any atom is 0.573 e. The third-order valence-electron chi connectivity index (χ3n) is 5.16. The van der Waals surface area contributed by atoms with Gasteiger partial charge in [-0.25, -0.2) is 9.97 Å². The van der Waals surface area contributed by atoms with Crippen molar-refractivity contribution in [3.05, 3.63) is 47.1 Å². The predicted molar refractivity (Wildman–Crippen MR) is 105 cm³/mol. The van der Waals surface area contributed by atoms with Crippen LogP contribution in [0.15, 0.2) is 35.7 Å². The van der Waals surface area contributed by atoms with E-state index >= 15 is 0 Å². The Morgan fingerprint density at radius 1 is 1.21 bits per heavy atom. The standard InChI is InChI=1S/C20H20F3N3O2S/c1-2-16-24-17(15-6-11-29-18(15)25-16)26-9-7-19(27,8-10-26)13-4-3-5-14(12-13)28-20(21,22)23/h3-6,11-12,27H,2,7-10H2,1H3. The van der Waals surface area contributed by atoms with Crippen LogP contribution in [0.1, 0.15) is 31.2 Å². The van der Waals surface area contributed by atoms with Crippen LogP contribution in [0.3, 0.4) is 0 Å². The number of benzene rings is 1. The van der Waals surface area contributed by atoms with Gasteiger partial charge in [-0.15, -0.1) is 24.5 Å². The van der Waals surface area contributed by atoms with E-state index in [1.165, 1.54) is 18.2 Å². The number of fused-ring (bicyclic) bond motifs is 1. The number of anilines is 1. The van der Waals surface area contributed by atoms with Crippen molar-refractivity contribution >= 4 is 27.4 Å².